The Hall–Kier alpha value is -1.84. The van der Waals surface area contributed by atoms with Crippen LogP contribution in [0.4, 0.5) is 11.4 Å². The Kier molecular flexibility index (Phi) is 7.03. The molecule has 2 N–H and O–H groups in total. The summed E-state index contributed by atoms with van der Waals surface area (Å²) in [7, 11) is 0. The van der Waals surface area contributed by atoms with E-state index in [1.54, 1.807) is 17.8 Å². The summed E-state index contributed by atoms with van der Waals surface area (Å²) in [4.78, 5) is 40.6. The second kappa shape index (κ2) is 9.75. The fourth-order valence-electron chi connectivity index (χ4n) is 3.85. The quantitative estimate of drug-likeness (QED) is 0.599. The summed E-state index contributed by atoms with van der Waals surface area (Å²) in [6.07, 6.45) is 4.19. The zero-order chi connectivity index (χ0) is 21.8. The molecule has 2 fully saturated rings. The Balaban J connectivity index is 1.45. The molecule has 2 aromatic rings. The minimum absolute atomic E-state index is 0.152. The lowest BCUT2D eigenvalue weighted by atomic mass is 9.97. The maximum Gasteiger partial charge on any atom is 0.262 e. The number of nitrogens with one attached hydrogen (secondary N) is 2. The third-order valence-corrected chi connectivity index (χ3v) is 8.43. The Bertz CT molecular complexity index is 971. The highest BCUT2D eigenvalue weighted by molar-refractivity contribution is 9.11. The lowest BCUT2D eigenvalue weighted by molar-refractivity contribution is -0.121. The average Bonchev–Trinajstić information content (AvgIpc) is 3.36. The van der Waals surface area contributed by atoms with Crippen LogP contribution in [0.1, 0.15) is 41.8 Å². The topological polar surface area (TPSA) is 78.5 Å². The lowest BCUT2D eigenvalue weighted by Gasteiger charge is -2.28. The first-order chi connectivity index (χ1) is 15.0. The van der Waals surface area contributed by atoms with Gasteiger partial charge < -0.3 is 15.5 Å². The van der Waals surface area contributed by atoms with Gasteiger partial charge in [-0.15, -0.1) is 11.3 Å². The number of thiophene rings is 1. The van der Waals surface area contributed by atoms with Gasteiger partial charge in [-0.05, 0) is 77.3 Å². The van der Waals surface area contributed by atoms with Gasteiger partial charge in [0, 0.05) is 30.1 Å². The monoisotopic (exact) mass is 521 g/mol. The molecular formula is C22H24BrN3O3S2. The van der Waals surface area contributed by atoms with E-state index in [2.05, 4.69) is 26.6 Å². The van der Waals surface area contributed by atoms with Gasteiger partial charge in [-0.3, -0.25) is 14.4 Å². The third-order valence-electron chi connectivity index (χ3n) is 5.62. The molecule has 0 bridgehead atoms. The van der Waals surface area contributed by atoms with Crippen molar-refractivity contribution in [2.75, 3.05) is 28.3 Å². The fourth-order valence-corrected chi connectivity index (χ4v) is 6.46. The maximum atomic E-state index is 13.2. The molecule has 0 unspecified atom stereocenters. The fraction of sp³-hybridized carbons (Fsp3) is 0.409. The van der Waals surface area contributed by atoms with Gasteiger partial charge in [0.15, 0.2) is 0 Å². The van der Waals surface area contributed by atoms with Crippen LogP contribution in [0.25, 0.3) is 0 Å². The Morgan fingerprint density at radius 3 is 2.55 bits per heavy atom. The van der Waals surface area contributed by atoms with Crippen molar-refractivity contribution in [1.82, 2.24) is 5.32 Å². The van der Waals surface area contributed by atoms with E-state index in [-0.39, 0.29) is 17.7 Å². The minimum atomic E-state index is -0.933. The molecule has 1 aromatic heterocycles. The minimum Gasteiger partial charge on any atom is -0.336 e. The molecule has 2 aliphatic rings. The summed E-state index contributed by atoms with van der Waals surface area (Å²) < 4.78 is 0.875. The van der Waals surface area contributed by atoms with Crippen molar-refractivity contribution < 1.29 is 14.4 Å². The normalized spacial score (nSPS) is 21.6. The molecule has 2 saturated heterocycles. The van der Waals surface area contributed by atoms with E-state index in [0.29, 0.717) is 29.2 Å². The zero-order valence-electron chi connectivity index (χ0n) is 17.0. The van der Waals surface area contributed by atoms with Gasteiger partial charge in [-0.25, -0.2) is 0 Å². The molecule has 3 amide bonds. The second-order valence-electron chi connectivity index (χ2n) is 7.80. The Labute approximate surface area is 198 Å². The molecule has 6 nitrogen and oxygen atoms in total. The SMILES string of the molecule is O=C(N[C@]1(C(=O)Nc2ccc(N3CCCCCC3=O)cc2)CCSC1)c1ccc(Br)s1. The van der Waals surface area contributed by atoms with E-state index in [9.17, 15) is 14.4 Å². The maximum absolute atomic E-state index is 13.2. The highest BCUT2D eigenvalue weighted by Crippen LogP contribution is 2.31. The molecule has 9 heteroatoms. The van der Waals surface area contributed by atoms with Crippen LogP contribution in [0.5, 0.6) is 0 Å². The van der Waals surface area contributed by atoms with Crippen molar-refractivity contribution in [1.29, 1.82) is 0 Å². The zero-order valence-corrected chi connectivity index (χ0v) is 20.2. The molecule has 164 valence electrons. The number of hydrogen-bond donors (Lipinski definition) is 2. The molecule has 1 aromatic carbocycles. The van der Waals surface area contributed by atoms with Gasteiger partial charge in [-0.2, -0.15) is 11.8 Å². The number of carbonyl (C=O) groups excluding carboxylic acids is 3. The Morgan fingerprint density at radius 2 is 1.87 bits per heavy atom. The smallest absolute Gasteiger partial charge is 0.262 e. The van der Waals surface area contributed by atoms with Crippen LogP contribution in [-0.2, 0) is 9.59 Å². The summed E-state index contributed by atoms with van der Waals surface area (Å²) in [5, 5.41) is 5.95. The molecule has 0 saturated carbocycles. The Morgan fingerprint density at radius 1 is 1.06 bits per heavy atom. The number of hydrogen-bond acceptors (Lipinski definition) is 5. The van der Waals surface area contributed by atoms with Crippen molar-refractivity contribution in [3.05, 3.63) is 45.1 Å². The number of rotatable bonds is 5. The molecular weight excluding hydrogens is 498 g/mol. The van der Waals surface area contributed by atoms with E-state index < -0.39 is 5.54 Å². The summed E-state index contributed by atoms with van der Waals surface area (Å²) in [6.45, 7) is 0.732. The second-order valence-corrected chi connectivity index (χ2v) is 11.4. The number of carbonyl (C=O) groups is 3. The van der Waals surface area contributed by atoms with E-state index >= 15 is 0 Å². The highest BCUT2D eigenvalue weighted by atomic mass is 79.9. The van der Waals surface area contributed by atoms with Crippen molar-refractivity contribution >= 4 is 68.1 Å². The number of anilines is 2. The van der Waals surface area contributed by atoms with Crippen LogP contribution < -0.4 is 15.5 Å². The van der Waals surface area contributed by atoms with Crippen molar-refractivity contribution in [3.63, 3.8) is 0 Å². The van der Waals surface area contributed by atoms with Crippen LogP contribution >= 0.6 is 39.0 Å². The van der Waals surface area contributed by atoms with Crippen LogP contribution in [0.2, 0.25) is 0 Å². The molecule has 4 rings (SSSR count). The summed E-state index contributed by atoms with van der Waals surface area (Å²) in [6, 6.07) is 11.0. The van der Waals surface area contributed by atoms with Gasteiger partial charge in [0.25, 0.3) is 11.8 Å². The lowest BCUT2D eigenvalue weighted by Crippen LogP contribution is -2.57. The number of halogens is 1. The van der Waals surface area contributed by atoms with E-state index in [1.807, 2.05) is 35.2 Å². The molecule has 2 aliphatic heterocycles. The molecule has 3 heterocycles. The molecule has 31 heavy (non-hydrogen) atoms. The molecule has 0 radical (unpaired) electrons. The first-order valence-electron chi connectivity index (χ1n) is 10.3. The number of thioether (sulfide) groups is 1. The summed E-state index contributed by atoms with van der Waals surface area (Å²) in [5.41, 5.74) is 0.575. The largest absolute Gasteiger partial charge is 0.336 e. The van der Waals surface area contributed by atoms with Crippen LogP contribution in [-0.4, -0.2) is 41.3 Å². The number of nitrogens with zero attached hydrogens (tertiary/aromatic N) is 1. The summed E-state index contributed by atoms with van der Waals surface area (Å²) >= 11 is 6.38. The van der Waals surface area contributed by atoms with Crippen LogP contribution in [0.15, 0.2) is 40.2 Å². The van der Waals surface area contributed by atoms with E-state index in [1.165, 1.54) is 11.3 Å². The van der Waals surface area contributed by atoms with Gasteiger partial charge in [0.05, 0.1) is 8.66 Å². The van der Waals surface area contributed by atoms with Crippen molar-refractivity contribution in [2.24, 2.45) is 0 Å². The molecule has 0 aliphatic carbocycles. The first kappa shape index (κ1) is 22.4. The van der Waals surface area contributed by atoms with E-state index in [0.717, 1.165) is 41.0 Å². The molecule has 1 atom stereocenters. The van der Waals surface area contributed by atoms with Crippen molar-refractivity contribution in [2.45, 2.75) is 37.6 Å². The number of amides is 3. The summed E-state index contributed by atoms with van der Waals surface area (Å²) in [5.74, 6) is 1.07. The predicted octanol–water partition coefficient (Wildman–Crippen LogP) is 4.66. The standard InChI is InChI=1S/C22H24BrN3O3S2/c23-18-10-9-17(31-18)20(28)25-22(11-13-30-14-22)21(29)24-15-5-7-16(8-6-15)26-12-3-1-2-4-19(26)27/h5-10H,1-4,11-14H2,(H,24,29)(H,25,28)/t22-/m1/s1. The average molecular weight is 522 g/mol. The third kappa shape index (κ3) is 5.15. The highest BCUT2D eigenvalue weighted by Gasteiger charge is 2.43. The number of benzene rings is 1. The van der Waals surface area contributed by atoms with Crippen LogP contribution in [0, 0.1) is 0 Å². The van der Waals surface area contributed by atoms with Gasteiger partial charge in [0.1, 0.15) is 5.54 Å². The predicted molar refractivity (Wildman–Crippen MR) is 130 cm³/mol. The van der Waals surface area contributed by atoms with Gasteiger partial charge in [0.2, 0.25) is 5.91 Å². The van der Waals surface area contributed by atoms with Crippen LogP contribution in [0.3, 0.4) is 0 Å². The van der Waals surface area contributed by atoms with Gasteiger partial charge >= 0.3 is 0 Å². The first-order valence-corrected chi connectivity index (χ1v) is 13.1. The van der Waals surface area contributed by atoms with Gasteiger partial charge in [-0.1, -0.05) is 6.42 Å². The van der Waals surface area contributed by atoms with Crippen molar-refractivity contribution in [3.8, 4) is 0 Å². The van der Waals surface area contributed by atoms with E-state index in [4.69, 9.17) is 0 Å². The molecule has 0 spiro atoms.